The lowest BCUT2D eigenvalue weighted by Crippen LogP contribution is -2.61. The van der Waals surface area contributed by atoms with Crippen molar-refractivity contribution in [3.05, 3.63) is 49.1 Å². The van der Waals surface area contributed by atoms with E-state index in [2.05, 4.69) is 20.1 Å². The van der Waals surface area contributed by atoms with Crippen LogP contribution in [0.5, 0.6) is 11.6 Å². The summed E-state index contributed by atoms with van der Waals surface area (Å²) < 4.78 is 22.5. The summed E-state index contributed by atoms with van der Waals surface area (Å²) in [6.07, 6.45) is 5.49. The van der Waals surface area contributed by atoms with Crippen molar-refractivity contribution in [3.8, 4) is 28.6 Å². The number of halogens is 1. The molecule has 2 bridgehead atoms. The molecule has 150 valence electrons. The Bertz CT molecular complexity index is 993. The maximum Gasteiger partial charge on any atom is 0.233 e. The summed E-state index contributed by atoms with van der Waals surface area (Å²) in [5, 5.41) is 18.7. The molecule has 3 aromatic rings. The van der Waals surface area contributed by atoms with E-state index in [0.29, 0.717) is 17.1 Å². The third kappa shape index (κ3) is 3.23. The van der Waals surface area contributed by atoms with Crippen LogP contribution in [-0.4, -0.2) is 61.7 Å². The summed E-state index contributed by atoms with van der Waals surface area (Å²) in [4.78, 5) is 6.09. The summed E-state index contributed by atoms with van der Waals surface area (Å²) in [7, 11) is 1.97. The van der Waals surface area contributed by atoms with Crippen LogP contribution in [0.25, 0.3) is 16.9 Å². The van der Waals surface area contributed by atoms with Gasteiger partial charge in [0.25, 0.3) is 0 Å². The Hall–Kier alpha value is -3.00. The largest absolute Gasteiger partial charge is 0.507 e. The van der Waals surface area contributed by atoms with Crippen molar-refractivity contribution in [1.82, 2.24) is 24.6 Å². The lowest BCUT2D eigenvalue weighted by molar-refractivity contribution is -0.0891. The normalized spacial score (nSPS) is 26.6. The number of hydrogen-bond acceptors (Lipinski definition) is 6. The minimum atomic E-state index is -1.02. The number of hydrogen-bond donors (Lipinski definition) is 1. The maximum atomic E-state index is 14.8. The highest BCUT2D eigenvalue weighted by molar-refractivity contribution is 5.68. The molecule has 1 aliphatic carbocycles. The van der Waals surface area contributed by atoms with Crippen molar-refractivity contribution in [2.75, 3.05) is 13.6 Å². The zero-order valence-electron chi connectivity index (χ0n) is 16.0. The first kappa shape index (κ1) is 18.1. The molecule has 8 heteroatoms. The second kappa shape index (κ2) is 7.11. The summed E-state index contributed by atoms with van der Waals surface area (Å²) in [5.74, 6) is 0.572. The van der Waals surface area contributed by atoms with Gasteiger partial charge in [0.1, 0.15) is 11.9 Å². The van der Waals surface area contributed by atoms with Crippen molar-refractivity contribution in [2.45, 2.75) is 31.2 Å². The Morgan fingerprint density at radius 3 is 2.72 bits per heavy atom. The first-order chi connectivity index (χ1) is 14.1. The highest BCUT2D eigenvalue weighted by Gasteiger charge is 2.48. The topological polar surface area (TPSA) is 76.3 Å². The summed E-state index contributed by atoms with van der Waals surface area (Å²) in [6.45, 7) is 0.846. The van der Waals surface area contributed by atoms with Crippen LogP contribution in [0.15, 0.2) is 49.1 Å². The number of rotatable bonds is 4. The second-order valence-corrected chi connectivity index (χ2v) is 7.80. The van der Waals surface area contributed by atoms with E-state index < -0.39 is 12.3 Å². The van der Waals surface area contributed by atoms with Gasteiger partial charge < -0.3 is 14.4 Å². The predicted molar refractivity (Wildman–Crippen MR) is 105 cm³/mol. The number of phenolic OH excluding ortho intramolecular Hbond substituents is 1. The molecule has 2 saturated heterocycles. The molecule has 1 aromatic carbocycles. The van der Waals surface area contributed by atoms with E-state index in [0.717, 1.165) is 25.1 Å². The fraction of sp³-hybridized carbons (Fsp3) is 0.381. The molecule has 29 heavy (non-hydrogen) atoms. The fourth-order valence-corrected chi connectivity index (χ4v) is 4.49. The van der Waals surface area contributed by atoms with E-state index in [1.807, 2.05) is 13.1 Å². The van der Waals surface area contributed by atoms with Crippen molar-refractivity contribution in [2.24, 2.45) is 5.92 Å². The molecule has 6 rings (SSSR count). The number of aromatic hydroxyl groups is 1. The van der Waals surface area contributed by atoms with Crippen LogP contribution in [-0.2, 0) is 0 Å². The van der Waals surface area contributed by atoms with Crippen LogP contribution in [0.1, 0.15) is 12.8 Å². The number of benzene rings is 1. The van der Waals surface area contributed by atoms with E-state index >= 15 is 0 Å². The van der Waals surface area contributed by atoms with Gasteiger partial charge in [-0.1, -0.05) is 0 Å². The van der Waals surface area contributed by atoms with E-state index in [4.69, 9.17) is 4.74 Å². The number of piperidine rings is 2. The molecule has 1 saturated carbocycles. The Morgan fingerprint density at radius 2 is 2.07 bits per heavy atom. The van der Waals surface area contributed by atoms with Gasteiger partial charge in [0.05, 0.1) is 17.7 Å². The Morgan fingerprint density at radius 1 is 1.17 bits per heavy atom. The first-order valence-corrected chi connectivity index (χ1v) is 9.76. The van der Waals surface area contributed by atoms with Gasteiger partial charge in [0, 0.05) is 48.6 Å². The minimum Gasteiger partial charge on any atom is -0.507 e. The molecule has 3 fully saturated rings. The van der Waals surface area contributed by atoms with Gasteiger partial charge in [0.2, 0.25) is 5.88 Å². The smallest absolute Gasteiger partial charge is 0.233 e. The van der Waals surface area contributed by atoms with E-state index in [1.165, 1.54) is 0 Å². The van der Waals surface area contributed by atoms with Crippen molar-refractivity contribution in [3.63, 3.8) is 0 Å². The molecule has 4 heterocycles. The van der Waals surface area contributed by atoms with Crippen LogP contribution in [0, 0.1) is 5.92 Å². The van der Waals surface area contributed by atoms with Crippen molar-refractivity contribution in [1.29, 1.82) is 0 Å². The minimum absolute atomic E-state index is 0.0804. The lowest BCUT2D eigenvalue weighted by atomic mass is 9.76. The molecule has 2 aromatic heterocycles. The summed E-state index contributed by atoms with van der Waals surface area (Å²) >= 11 is 0. The number of nitrogens with zero attached hydrogens (tertiary/aromatic N) is 5. The van der Waals surface area contributed by atoms with Crippen LogP contribution in [0.4, 0.5) is 4.39 Å². The van der Waals surface area contributed by atoms with Crippen LogP contribution in [0.2, 0.25) is 0 Å². The van der Waals surface area contributed by atoms with Crippen LogP contribution < -0.4 is 4.74 Å². The summed E-state index contributed by atoms with van der Waals surface area (Å²) in [6, 6.07) is 8.63. The number of ether oxygens (including phenoxy) is 1. The molecular weight excluding hydrogens is 373 g/mol. The molecule has 2 aliphatic heterocycles. The van der Waals surface area contributed by atoms with Crippen LogP contribution in [0.3, 0.4) is 0 Å². The van der Waals surface area contributed by atoms with E-state index in [-0.39, 0.29) is 17.7 Å². The number of fused-ring (bicyclic) bond motifs is 3. The Kier molecular flexibility index (Phi) is 4.43. The average Bonchev–Trinajstić information content (AvgIpc) is 3.26. The number of alkyl halides is 1. The zero-order valence-corrected chi connectivity index (χ0v) is 16.0. The van der Waals surface area contributed by atoms with Gasteiger partial charge in [0.15, 0.2) is 6.17 Å². The van der Waals surface area contributed by atoms with Gasteiger partial charge in [-0.25, -0.2) is 9.37 Å². The molecular formula is C21H22FN5O2. The summed E-state index contributed by atoms with van der Waals surface area (Å²) in [5.41, 5.74) is 1.88. The number of phenols is 1. The average molecular weight is 395 g/mol. The van der Waals surface area contributed by atoms with Gasteiger partial charge >= 0.3 is 0 Å². The van der Waals surface area contributed by atoms with E-state index in [1.54, 1.807) is 47.6 Å². The van der Waals surface area contributed by atoms with Crippen molar-refractivity contribution < 1.29 is 14.2 Å². The molecule has 1 N–H and O–H groups in total. The third-order valence-corrected chi connectivity index (χ3v) is 6.02. The lowest BCUT2D eigenvalue weighted by Gasteiger charge is -2.49. The number of aromatic nitrogens is 4. The van der Waals surface area contributed by atoms with Crippen molar-refractivity contribution >= 4 is 0 Å². The Balaban J connectivity index is 1.33. The molecule has 0 spiro atoms. The molecule has 3 aliphatic rings. The van der Waals surface area contributed by atoms with E-state index in [9.17, 15) is 9.50 Å². The quantitative estimate of drug-likeness (QED) is 0.732. The predicted octanol–water partition coefficient (Wildman–Crippen LogP) is 2.84. The van der Waals surface area contributed by atoms with Gasteiger partial charge in [-0.3, -0.25) is 4.90 Å². The monoisotopic (exact) mass is 395 g/mol. The highest BCUT2D eigenvalue weighted by Crippen LogP contribution is 2.38. The molecule has 7 nitrogen and oxygen atoms in total. The molecule has 4 atom stereocenters. The fourth-order valence-electron chi connectivity index (χ4n) is 4.49. The zero-order chi connectivity index (χ0) is 20.0. The standard InChI is InChI=1S/C21H22FN5O2/c1-26-11-13-2-6-17(26)20(22)21(13)29-19-7-5-16(24-25-19)15-4-3-14(10-18(15)28)27-9-8-23-12-27/h3-5,7-10,12-13,17,20-21,28H,2,6,11H2,1H3/t13-,17+,20-,21+/m0/s1. The molecule has 0 radical (unpaired) electrons. The number of imidazole rings is 1. The highest BCUT2D eigenvalue weighted by atomic mass is 19.1. The Labute approximate surface area is 167 Å². The van der Waals surface area contributed by atoms with Crippen LogP contribution >= 0.6 is 0 Å². The van der Waals surface area contributed by atoms with Gasteiger partial charge in [-0.2, -0.15) is 0 Å². The first-order valence-electron chi connectivity index (χ1n) is 9.76. The third-order valence-electron chi connectivity index (χ3n) is 6.02. The molecule has 0 amide bonds. The second-order valence-electron chi connectivity index (χ2n) is 7.80. The SMILES string of the molecule is CN1C[C@@H]2CC[C@@H]1[C@H](F)[C@@H]2Oc1ccc(-c2ccc(-n3ccnc3)cc2O)nn1. The van der Waals surface area contributed by atoms with Gasteiger partial charge in [-0.15, -0.1) is 10.2 Å². The van der Waals surface area contributed by atoms with Gasteiger partial charge in [-0.05, 0) is 38.1 Å². The molecule has 0 unspecified atom stereocenters. The maximum absolute atomic E-state index is 14.8.